The summed E-state index contributed by atoms with van der Waals surface area (Å²) in [7, 11) is -3.53. The van der Waals surface area contributed by atoms with Gasteiger partial charge in [0.2, 0.25) is 21.8 Å². The van der Waals surface area contributed by atoms with E-state index in [9.17, 15) is 18.0 Å². The average molecular weight is 442 g/mol. The molecule has 2 amide bonds. The molecule has 2 fully saturated rings. The van der Waals surface area contributed by atoms with E-state index in [1.807, 2.05) is 30.3 Å². The van der Waals surface area contributed by atoms with Gasteiger partial charge in [0.05, 0.1) is 10.8 Å². The first-order chi connectivity index (χ1) is 14.8. The summed E-state index contributed by atoms with van der Waals surface area (Å²) >= 11 is 0. The van der Waals surface area contributed by atoms with Gasteiger partial charge in [-0.05, 0) is 55.2 Å². The third kappa shape index (κ3) is 4.65. The highest BCUT2D eigenvalue weighted by Crippen LogP contribution is 2.27. The molecular weight excluding hydrogens is 414 g/mol. The van der Waals surface area contributed by atoms with Crippen LogP contribution in [0.5, 0.6) is 0 Å². The highest BCUT2D eigenvalue weighted by molar-refractivity contribution is 7.89. The van der Waals surface area contributed by atoms with Crippen molar-refractivity contribution >= 4 is 33.2 Å². The maximum absolute atomic E-state index is 12.9. The van der Waals surface area contributed by atoms with Gasteiger partial charge in [0.15, 0.2) is 0 Å². The van der Waals surface area contributed by atoms with Crippen molar-refractivity contribution in [1.29, 1.82) is 0 Å². The Morgan fingerprint density at radius 2 is 1.74 bits per heavy atom. The molecule has 4 rings (SSSR count). The van der Waals surface area contributed by atoms with E-state index in [0.717, 1.165) is 18.5 Å². The van der Waals surface area contributed by atoms with Crippen molar-refractivity contribution in [3.8, 4) is 0 Å². The number of carbonyl (C=O) groups is 2. The molecule has 31 heavy (non-hydrogen) atoms. The highest BCUT2D eigenvalue weighted by Gasteiger charge is 2.35. The largest absolute Gasteiger partial charge is 0.326 e. The molecule has 2 saturated heterocycles. The first kappa shape index (κ1) is 21.5. The lowest BCUT2D eigenvalue weighted by molar-refractivity contribution is -0.122. The second-order valence-corrected chi connectivity index (χ2v) is 10.3. The van der Waals surface area contributed by atoms with E-state index >= 15 is 0 Å². The maximum atomic E-state index is 12.9. The van der Waals surface area contributed by atoms with Gasteiger partial charge in [0.25, 0.3) is 0 Å². The Hall–Kier alpha value is -2.71. The topological polar surface area (TPSA) is 86.8 Å². The molecule has 0 aromatic heterocycles. The van der Waals surface area contributed by atoms with E-state index in [2.05, 4.69) is 12.2 Å². The first-order valence-corrected chi connectivity index (χ1v) is 12.0. The van der Waals surface area contributed by atoms with Crippen molar-refractivity contribution < 1.29 is 18.0 Å². The number of piperidine rings is 1. The zero-order valence-corrected chi connectivity index (χ0v) is 18.3. The van der Waals surface area contributed by atoms with Crippen LogP contribution in [-0.2, 0) is 19.6 Å². The predicted octanol–water partition coefficient (Wildman–Crippen LogP) is 3.10. The van der Waals surface area contributed by atoms with E-state index in [4.69, 9.17) is 0 Å². The van der Waals surface area contributed by atoms with E-state index in [0.29, 0.717) is 31.2 Å². The number of sulfonamides is 1. The molecule has 1 N–H and O–H groups in total. The number of nitrogens with one attached hydrogen (secondary N) is 1. The third-order valence-electron chi connectivity index (χ3n) is 5.94. The summed E-state index contributed by atoms with van der Waals surface area (Å²) in [6.45, 7) is 3.47. The van der Waals surface area contributed by atoms with Crippen LogP contribution in [0.4, 0.5) is 11.4 Å². The van der Waals surface area contributed by atoms with Gasteiger partial charge in [0, 0.05) is 37.4 Å². The minimum Gasteiger partial charge on any atom is -0.326 e. The van der Waals surface area contributed by atoms with E-state index < -0.39 is 15.9 Å². The minimum absolute atomic E-state index is 0.0800. The number of rotatable bonds is 5. The lowest BCUT2D eigenvalue weighted by atomic mass is 10.0. The van der Waals surface area contributed by atoms with Gasteiger partial charge in [0.1, 0.15) is 0 Å². The van der Waals surface area contributed by atoms with Crippen molar-refractivity contribution in [3.05, 3.63) is 54.6 Å². The quantitative estimate of drug-likeness (QED) is 0.773. The molecule has 2 aromatic carbocycles. The molecule has 2 aliphatic heterocycles. The smallest absolute Gasteiger partial charge is 0.243 e. The number of para-hydroxylation sites is 1. The Labute approximate surface area is 183 Å². The second kappa shape index (κ2) is 8.80. The first-order valence-electron chi connectivity index (χ1n) is 10.6. The Morgan fingerprint density at radius 3 is 2.42 bits per heavy atom. The van der Waals surface area contributed by atoms with Gasteiger partial charge in [-0.1, -0.05) is 25.1 Å². The molecule has 0 spiro atoms. The number of hydrogen-bond acceptors (Lipinski definition) is 4. The molecular formula is C23H27N3O4S. The fraction of sp³-hybridized carbons (Fsp3) is 0.391. The van der Waals surface area contributed by atoms with Crippen LogP contribution in [0.15, 0.2) is 59.5 Å². The molecule has 0 saturated carbocycles. The van der Waals surface area contributed by atoms with E-state index in [1.165, 1.54) is 16.4 Å². The summed E-state index contributed by atoms with van der Waals surface area (Å²) in [5.74, 6) is -0.423. The van der Waals surface area contributed by atoms with Gasteiger partial charge in [-0.2, -0.15) is 4.31 Å². The molecule has 2 atom stereocenters. The standard InChI is InChI=1S/C23H27N3O4S/c1-17-6-5-13-25(15-17)31(29,30)21-11-9-19(10-12-21)24-23(28)18-14-22(27)26(16-18)20-7-3-2-4-8-20/h2-4,7-12,17-18H,5-6,13-16H2,1H3,(H,24,28)/t17-,18+/m1/s1. The van der Waals surface area contributed by atoms with Crippen LogP contribution in [0.1, 0.15) is 26.2 Å². The number of hydrogen-bond donors (Lipinski definition) is 1. The van der Waals surface area contributed by atoms with Crippen LogP contribution in [0, 0.1) is 11.8 Å². The van der Waals surface area contributed by atoms with Crippen molar-refractivity contribution in [2.75, 3.05) is 29.9 Å². The van der Waals surface area contributed by atoms with Crippen molar-refractivity contribution in [1.82, 2.24) is 4.31 Å². The summed E-state index contributed by atoms with van der Waals surface area (Å²) in [5.41, 5.74) is 1.30. The summed E-state index contributed by atoms with van der Waals surface area (Å²) in [6.07, 6.45) is 2.07. The van der Waals surface area contributed by atoms with Gasteiger partial charge in [-0.3, -0.25) is 9.59 Å². The summed E-state index contributed by atoms with van der Waals surface area (Å²) in [4.78, 5) is 26.9. The molecule has 2 aromatic rings. The Kier molecular flexibility index (Phi) is 6.11. The number of benzene rings is 2. The summed E-state index contributed by atoms with van der Waals surface area (Å²) in [5, 5.41) is 2.82. The van der Waals surface area contributed by atoms with Crippen molar-refractivity contribution in [2.45, 2.75) is 31.1 Å². The fourth-order valence-corrected chi connectivity index (χ4v) is 5.81. The Morgan fingerprint density at radius 1 is 1.03 bits per heavy atom. The lowest BCUT2D eigenvalue weighted by Gasteiger charge is -2.30. The normalized spacial score (nSPS) is 22.5. The van der Waals surface area contributed by atoms with Crippen LogP contribution in [0.25, 0.3) is 0 Å². The molecule has 0 bridgehead atoms. The zero-order chi connectivity index (χ0) is 22.0. The Bertz CT molecular complexity index is 1050. The highest BCUT2D eigenvalue weighted by atomic mass is 32.2. The number of anilines is 2. The van der Waals surface area contributed by atoms with Crippen molar-refractivity contribution in [3.63, 3.8) is 0 Å². The molecule has 0 radical (unpaired) electrons. The minimum atomic E-state index is -3.53. The fourth-order valence-electron chi connectivity index (χ4n) is 4.21. The van der Waals surface area contributed by atoms with Crippen LogP contribution in [-0.4, -0.2) is 44.2 Å². The lowest BCUT2D eigenvalue weighted by Crippen LogP contribution is -2.39. The van der Waals surface area contributed by atoms with Gasteiger partial charge < -0.3 is 10.2 Å². The molecule has 164 valence electrons. The monoisotopic (exact) mass is 441 g/mol. The van der Waals surface area contributed by atoms with Gasteiger partial charge >= 0.3 is 0 Å². The number of amides is 2. The maximum Gasteiger partial charge on any atom is 0.243 e. The van der Waals surface area contributed by atoms with Crippen LogP contribution < -0.4 is 10.2 Å². The van der Waals surface area contributed by atoms with Gasteiger partial charge in [-0.25, -0.2) is 8.42 Å². The number of nitrogens with zero attached hydrogens (tertiary/aromatic N) is 2. The third-order valence-corrected chi connectivity index (χ3v) is 7.82. The predicted molar refractivity (Wildman–Crippen MR) is 119 cm³/mol. The van der Waals surface area contributed by atoms with E-state index in [-0.39, 0.29) is 23.1 Å². The SMILES string of the molecule is C[C@@H]1CCCN(S(=O)(=O)c2ccc(NC(=O)[C@H]3CC(=O)N(c4ccccc4)C3)cc2)C1. The summed E-state index contributed by atoms with van der Waals surface area (Å²) < 4.78 is 27.3. The van der Waals surface area contributed by atoms with Gasteiger partial charge in [-0.15, -0.1) is 0 Å². The Balaban J connectivity index is 1.40. The molecule has 7 nitrogen and oxygen atoms in total. The summed E-state index contributed by atoms with van der Waals surface area (Å²) in [6, 6.07) is 15.5. The molecule has 2 aliphatic rings. The molecule has 8 heteroatoms. The van der Waals surface area contributed by atoms with Crippen LogP contribution in [0.2, 0.25) is 0 Å². The molecule has 0 aliphatic carbocycles. The van der Waals surface area contributed by atoms with E-state index in [1.54, 1.807) is 17.0 Å². The zero-order valence-electron chi connectivity index (χ0n) is 17.5. The number of carbonyl (C=O) groups excluding carboxylic acids is 2. The van der Waals surface area contributed by atoms with Crippen LogP contribution >= 0.6 is 0 Å². The second-order valence-electron chi connectivity index (χ2n) is 8.37. The molecule has 2 heterocycles. The molecule has 0 unspecified atom stereocenters. The van der Waals surface area contributed by atoms with Crippen LogP contribution in [0.3, 0.4) is 0 Å². The average Bonchev–Trinajstić information content (AvgIpc) is 3.16. The van der Waals surface area contributed by atoms with Crippen molar-refractivity contribution in [2.24, 2.45) is 11.8 Å².